The molecule has 1 heterocycles. The Labute approximate surface area is 164 Å². The predicted molar refractivity (Wildman–Crippen MR) is 110 cm³/mol. The SMILES string of the molecule is CC(C)(C)c1ccccc1NC(=O)c1ccnc(Nc2ccc(C#N)cc2)n1. The zero-order chi connectivity index (χ0) is 20.1. The number of nitrogens with one attached hydrogen (secondary N) is 2. The van der Waals surface area contributed by atoms with E-state index in [1.807, 2.05) is 24.3 Å². The number of amides is 1. The molecule has 2 aromatic carbocycles. The summed E-state index contributed by atoms with van der Waals surface area (Å²) in [6.07, 6.45) is 1.53. The van der Waals surface area contributed by atoms with Crippen molar-refractivity contribution >= 4 is 23.2 Å². The molecule has 3 rings (SSSR count). The van der Waals surface area contributed by atoms with Gasteiger partial charge in [0.2, 0.25) is 5.95 Å². The third kappa shape index (κ3) is 4.51. The Kier molecular flexibility index (Phi) is 5.37. The van der Waals surface area contributed by atoms with Gasteiger partial charge in [-0.25, -0.2) is 9.97 Å². The molecular weight excluding hydrogens is 350 g/mol. The quantitative estimate of drug-likeness (QED) is 0.697. The lowest BCUT2D eigenvalue weighted by molar-refractivity contribution is 0.102. The summed E-state index contributed by atoms with van der Waals surface area (Å²) in [6, 6.07) is 18.3. The third-order valence-electron chi connectivity index (χ3n) is 4.14. The molecule has 0 radical (unpaired) electrons. The van der Waals surface area contributed by atoms with Gasteiger partial charge in [0.15, 0.2) is 0 Å². The molecule has 0 saturated carbocycles. The van der Waals surface area contributed by atoms with Crippen LogP contribution in [0.4, 0.5) is 17.3 Å². The van der Waals surface area contributed by atoms with E-state index < -0.39 is 0 Å². The zero-order valence-corrected chi connectivity index (χ0v) is 16.0. The number of anilines is 3. The Hall–Kier alpha value is -3.72. The number of hydrogen-bond donors (Lipinski definition) is 2. The highest BCUT2D eigenvalue weighted by Gasteiger charge is 2.19. The summed E-state index contributed by atoms with van der Waals surface area (Å²) in [5, 5.41) is 14.9. The molecule has 3 aromatic rings. The van der Waals surface area contributed by atoms with Crippen LogP contribution in [0.15, 0.2) is 60.8 Å². The lowest BCUT2D eigenvalue weighted by Crippen LogP contribution is -2.19. The fraction of sp³-hybridized carbons (Fsp3) is 0.182. The number of rotatable bonds is 4. The maximum atomic E-state index is 12.7. The van der Waals surface area contributed by atoms with Crippen molar-refractivity contribution in [3.8, 4) is 6.07 Å². The molecule has 0 spiro atoms. The molecule has 1 amide bonds. The van der Waals surface area contributed by atoms with E-state index in [1.165, 1.54) is 6.20 Å². The molecule has 0 aliphatic carbocycles. The first kappa shape index (κ1) is 19.1. The van der Waals surface area contributed by atoms with Crippen LogP contribution >= 0.6 is 0 Å². The predicted octanol–water partition coefficient (Wildman–Crippen LogP) is 4.64. The first-order valence-electron chi connectivity index (χ1n) is 8.88. The standard InChI is InChI=1S/C22H21N5O/c1-22(2,3)17-6-4-5-7-18(17)26-20(28)19-12-13-24-21(27-19)25-16-10-8-15(14-23)9-11-16/h4-13H,1-3H3,(H,26,28)(H,24,25,27). The van der Waals surface area contributed by atoms with Gasteiger partial charge in [-0.2, -0.15) is 5.26 Å². The number of hydrogen-bond acceptors (Lipinski definition) is 5. The van der Waals surface area contributed by atoms with Crippen molar-refractivity contribution in [2.75, 3.05) is 10.6 Å². The second-order valence-electron chi connectivity index (χ2n) is 7.33. The Morgan fingerprint density at radius 1 is 1.04 bits per heavy atom. The van der Waals surface area contributed by atoms with Crippen LogP contribution in [0.5, 0.6) is 0 Å². The van der Waals surface area contributed by atoms with Crippen LogP contribution in [0.2, 0.25) is 0 Å². The average Bonchev–Trinajstić information content (AvgIpc) is 2.68. The van der Waals surface area contributed by atoms with E-state index in [0.29, 0.717) is 11.5 Å². The second-order valence-corrected chi connectivity index (χ2v) is 7.33. The first-order valence-corrected chi connectivity index (χ1v) is 8.88. The average molecular weight is 371 g/mol. The minimum absolute atomic E-state index is 0.0994. The van der Waals surface area contributed by atoms with Gasteiger partial charge in [-0.1, -0.05) is 39.0 Å². The van der Waals surface area contributed by atoms with E-state index in [4.69, 9.17) is 5.26 Å². The van der Waals surface area contributed by atoms with Crippen LogP contribution in [-0.4, -0.2) is 15.9 Å². The number of nitrogens with zero attached hydrogens (tertiary/aromatic N) is 3. The molecular formula is C22H21N5O. The Bertz CT molecular complexity index is 1030. The highest BCUT2D eigenvalue weighted by molar-refractivity contribution is 6.03. The molecule has 6 heteroatoms. The number of carbonyl (C=O) groups excluding carboxylic acids is 1. The Balaban J connectivity index is 1.79. The minimum atomic E-state index is -0.304. The van der Waals surface area contributed by atoms with Crippen molar-refractivity contribution in [1.82, 2.24) is 9.97 Å². The van der Waals surface area contributed by atoms with E-state index in [9.17, 15) is 4.79 Å². The van der Waals surface area contributed by atoms with E-state index >= 15 is 0 Å². The Morgan fingerprint density at radius 3 is 2.43 bits per heavy atom. The maximum absolute atomic E-state index is 12.7. The van der Waals surface area contributed by atoms with Crippen molar-refractivity contribution in [1.29, 1.82) is 5.26 Å². The van der Waals surface area contributed by atoms with Crippen LogP contribution in [0.1, 0.15) is 42.4 Å². The molecule has 1 aromatic heterocycles. The summed E-state index contributed by atoms with van der Waals surface area (Å²) in [7, 11) is 0. The van der Waals surface area contributed by atoms with Crippen molar-refractivity contribution in [3.05, 3.63) is 77.6 Å². The normalized spacial score (nSPS) is 10.8. The number of para-hydroxylation sites is 1. The molecule has 0 bridgehead atoms. The summed E-state index contributed by atoms with van der Waals surface area (Å²) in [5.74, 6) is 0.00319. The van der Waals surface area contributed by atoms with Gasteiger partial charge in [0.05, 0.1) is 11.6 Å². The second kappa shape index (κ2) is 7.89. The van der Waals surface area contributed by atoms with Crippen molar-refractivity contribution in [3.63, 3.8) is 0 Å². The van der Waals surface area contributed by atoms with E-state index in [1.54, 1.807) is 30.3 Å². The zero-order valence-electron chi connectivity index (χ0n) is 16.0. The highest BCUT2D eigenvalue weighted by atomic mass is 16.1. The molecule has 0 saturated heterocycles. The van der Waals surface area contributed by atoms with Gasteiger partial charge in [-0.3, -0.25) is 4.79 Å². The number of nitriles is 1. The van der Waals surface area contributed by atoms with Crippen LogP contribution in [0.25, 0.3) is 0 Å². The van der Waals surface area contributed by atoms with Gasteiger partial charge in [0, 0.05) is 17.6 Å². The third-order valence-corrected chi connectivity index (χ3v) is 4.14. The van der Waals surface area contributed by atoms with E-state index in [0.717, 1.165) is 16.9 Å². The summed E-state index contributed by atoms with van der Waals surface area (Å²) in [6.45, 7) is 6.30. The number of benzene rings is 2. The number of aromatic nitrogens is 2. The lowest BCUT2D eigenvalue weighted by atomic mass is 9.86. The van der Waals surface area contributed by atoms with Crippen molar-refractivity contribution in [2.24, 2.45) is 0 Å². The van der Waals surface area contributed by atoms with Crippen molar-refractivity contribution in [2.45, 2.75) is 26.2 Å². The fourth-order valence-corrected chi connectivity index (χ4v) is 2.74. The van der Waals surface area contributed by atoms with Gasteiger partial charge in [-0.05, 0) is 47.4 Å². The summed E-state index contributed by atoms with van der Waals surface area (Å²) < 4.78 is 0. The van der Waals surface area contributed by atoms with E-state index in [-0.39, 0.29) is 17.0 Å². The van der Waals surface area contributed by atoms with Gasteiger partial charge in [0.1, 0.15) is 5.69 Å². The minimum Gasteiger partial charge on any atom is -0.324 e. The van der Waals surface area contributed by atoms with Crippen LogP contribution in [0.3, 0.4) is 0 Å². The van der Waals surface area contributed by atoms with Crippen molar-refractivity contribution < 1.29 is 4.79 Å². The van der Waals surface area contributed by atoms with Crippen LogP contribution in [0, 0.1) is 11.3 Å². The fourth-order valence-electron chi connectivity index (χ4n) is 2.74. The number of carbonyl (C=O) groups is 1. The summed E-state index contributed by atoms with van der Waals surface area (Å²) in [5.41, 5.74) is 3.27. The first-order chi connectivity index (χ1) is 13.4. The molecule has 0 unspecified atom stereocenters. The van der Waals surface area contributed by atoms with Gasteiger partial charge in [0.25, 0.3) is 5.91 Å². The van der Waals surface area contributed by atoms with Gasteiger partial charge in [-0.15, -0.1) is 0 Å². The molecule has 28 heavy (non-hydrogen) atoms. The van der Waals surface area contributed by atoms with Gasteiger partial charge < -0.3 is 10.6 Å². The molecule has 0 aliphatic rings. The molecule has 0 atom stereocenters. The molecule has 0 fully saturated rings. The monoisotopic (exact) mass is 371 g/mol. The smallest absolute Gasteiger partial charge is 0.274 e. The molecule has 0 aliphatic heterocycles. The highest BCUT2D eigenvalue weighted by Crippen LogP contribution is 2.29. The largest absolute Gasteiger partial charge is 0.324 e. The van der Waals surface area contributed by atoms with Crippen LogP contribution in [-0.2, 0) is 5.41 Å². The molecule has 6 nitrogen and oxygen atoms in total. The van der Waals surface area contributed by atoms with Crippen LogP contribution < -0.4 is 10.6 Å². The molecule has 2 N–H and O–H groups in total. The van der Waals surface area contributed by atoms with E-state index in [2.05, 4.69) is 47.4 Å². The topological polar surface area (TPSA) is 90.7 Å². The van der Waals surface area contributed by atoms with Gasteiger partial charge >= 0.3 is 0 Å². The molecule has 140 valence electrons. The lowest BCUT2D eigenvalue weighted by Gasteiger charge is -2.22. The summed E-state index contributed by atoms with van der Waals surface area (Å²) >= 11 is 0. The summed E-state index contributed by atoms with van der Waals surface area (Å²) in [4.78, 5) is 21.2. The maximum Gasteiger partial charge on any atom is 0.274 e. The Morgan fingerprint density at radius 2 is 1.75 bits per heavy atom.